The number of hydrazine groups is 1. The fourth-order valence-corrected chi connectivity index (χ4v) is 4.01. The molecule has 1 aliphatic rings. The number of rotatable bonds is 7. The Balaban J connectivity index is 1.95. The van der Waals surface area contributed by atoms with Gasteiger partial charge in [0.1, 0.15) is 6.04 Å². The molecule has 1 atom stereocenters. The number of nitro groups is 1. The Morgan fingerprint density at radius 1 is 1.11 bits per heavy atom. The highest BCUT2D eigenvalue weighted by Crippen LogP contribution is 2.28. The van der Waals surface area contributed by atoms with E-state index in [9.17, 15) is 29.3 Å². The van der Waals surface area contributed by atoms with Gasteiger partial charge in [0.2, 0.25) is 11.8 Å². The number of nitrogens with zero attached hydrogens (tertiary/aromatic N) is 3. The molecule has 3 rings (SSSR count). The quantitative estimate of drug-likeness (QED) is 0.367. The van der Waals surface area contributed by atoms with Crippen molar-refractivity contribution >= 4 is 35.0 Å². The fraction of sp³-hybridized carbons (Fsp3) is 0.360. The SMILES string of the molecule is CCC(CC)C(=O)N(NC(=O)c1cccc([N+](=O)[O-])c1)C1CC(=O)N(c2ccc(C)c(C)c2)C1=O. The van der Waals surface area contributed by atoms with Gasteiger partial charge >= 0.3 is 0 Å². The molecule has 0 spiro atoms. The van der Waals surface area contributed by atoms with Gasteiger partial charge in [-0.25, -0.2) is 9.91 Å². The van der Waals surface area contributed by atoms with Crippen molar-refractivity contribution in [3.8, 4) is 0 Å². The zero-order chi connectivity index (χ0) is 25.9. The molecule has 1 unspecified atom stereocenters. The van der Waals surface area contributed by atoms with Gasteiger partial charge in [-0.1, -0.05) is 26.0 Å². The maximum Gasteiger partial charge on any atom is 0.270 e. The Kier molecular flexibility index (Phi) is 7.63. The number of carbonyl (C=O) groups excluding carboxylic acids is 4. The number of hydrogen-bond acceptors (Lipinski definition) is 6. The van der Waals surface area contributed by atoms with Crippen LogP contribution in [-0.2, 0) is 14.4 Å². The van der Waals surface area contributed by atoms with Crippen molar-refractivity contribution in [2.24, 2.45) is 5.92 Å². The van der Waals surface area contributed by atoms with Crippen molar-refractivity contribution in [3.05, 3.63) is 69.3 Å². The molecular formula is C25H28N4O6. The van der Waals surface area contributed by atoms with E-state index < -0.39 is 40.5 Å². The molecule has 10 heteroatoms. The second-order valence-electron chi connectivity index (χ2n) is 8.53. The van der Waals surface area contributed by atoms with Crippen LogP contribution in [0.15, 0.2) is 42.5 Å². The monoisotopic (exact) mass is 480 g/mol. The van der Waals surface area contributed by atoms with Crippen LogP contribution in [0, 0.1) is 29.9 Å². The number of nitro benzene ring substituents is 1. The molecule has 2 aromatic carbocycles. The van der Waals surface area contributed by atoms with E-state index in [1.165, 1.54) is 18.2 Å². The standard InChI is InChI=1S/C25H28N4O6/c1-5-17(6-2)24(32)28(26-23(31)18-8-7-9-20(13-18)29(34)35)21-14-22(30)27(25(21)33)19-11-10-15(3)16(4)12-19/h7-13,17,21H,5-6,14H2,1-4H3,(H,26,31). The number of imide groups is 1. The zero-order valence-electron chi connectivity index (χ0n) is 20.1. The van der Waals surface area contributed by atoms with E-state index in [1.54, 1.807) is 18.2 Å². The number of aryl methyl sites for hydroxylation is 2. The van der Waals surface area contributed by atoms with E-state index in [0.717, 1.165) is 27.1 Å². The van der Waals surface area contributed by atoms with Crippen LogP contribution in [0.3, 0.4) is 0 Å². The number of hydrogen-bond donors (Lipinski definition) is 1. The van der Waals surface area contributed by atoms with Crippen LogP contribution in [0.4, 0.5) is 11.4 Å². The Bertz CT molecular complexity index is 1190. The highest BCUT2D eigenvalue weighted by Gasteiger charge is 2.46. The van der Waals surface area contributed by atoms with Crippen molar-refractivity contribution in [2.45, 2.75) is 53.0 Å². The Morgan fingerprint density at radius 3 is 2.40 bits per heavy atom. The van der Waals surface area contributed by atoms with E-state index >= 15 is 0 Å². The molecule has 0 aliphatic carbocycles. The Morgan fingerprint density at radius 2 is 1.80 bits per heavy atom. The van der Waals surface area contributed by atoms with E-state index in [-0.39, 0.29) is 17.7 Å². The average Bonchev–Trinajstić information content (AvgIpc) is 3.13. The summed E-state index contributed by atoms with van der Waals surface area (Å²) in [4.78, 5) is 64.1. The van der Waals surface area contributed by atoms with Gasteiger partial charge in [-0.3, -0.25) is 34.7 Å². The lowest BCUT2D eigenvalue weighted by molar-refractivity contribution is -0.384. The van der Waals surface area contributed by atoms with Crippen molar-refractivity contribution in [1.29, 1.82) is 0 Å². The maximum absolute atomic E-state index is 13.4. The molecular weight excluding hydrogens is 452 g/mol. The molecule has 10 nitrogen and oxygen atoms in total. The number of nitrogens with one attached hydrogen (secondary N) is 1. The molecule has 4 amide bonds. The maximum atomic E-state index is 13.4. The molecule has 1 aliphatic heterocycles. The summed E-state index contributed by atoms with van der Waals surface area (Å²) in [5.41, 5.74) is 4.41. The molecule has 2 aromatic rings. The third kappa shape index (κ3) is 5.21. The van der Waals surface area contributed by atoms with E-state index in [0.29, 0.717) is 18.5 Å². The third-order valence-corrected chi connectivity index (χ3v) is 6.30. The summed E-state index contributed by atoms with van der Waals surface area (Å²) in [6, 6.07) is 8.99. The molecule has 0 saturated carbocycles. The molecule has 1 fully saturated rings. The first-order chi connectivity index (χ1) is 16.6. The topological polar surface area (TPSA) is 130 Å². The summed E-state index contributed by atoms with van der Waals surface area (Å²) < 4.78 is 0. The second kappa shape index (κ2) is 10.5. The van der Waals surface area contributed by atoms with Gasteiger partial charge in [0.15, 0.2) is 0 Å². The van der Waals surface area contributed by atoms with Crippen LogP contribution >= 0.6 is 0 Å². The number of non-ortho nitro benzene ring substituents is 1. The molecule has 184 valence electrons. The third-order valence-electron chi connectivity index (χ3n) is 6.30. The van der Waals surface area contributed by atoms with Gasteiger partial charge in [0.25, 0.3) is 17.5 Å². The lowest BCUT2D eigenvalue weighted by Crippen LogP contribution is -2.56. The first-order valence-electron chi connectivity index (χ1n) is 11.4. The molecule has 1 N–H and O–H groups in total. The van der Waals surface area contributed by atoms with Crippen LogP contribution in [0.25, 0.3) is 0 Å². The largest absolute Gasteiger partial charge is 0.274 e. The van der Waals surface area contributed by atoms with Crippen molar-refractivity contribution < 1.29 is 24.1 Å². The lowest BCUT2D eigenvalue weighted by atomic mass is 10.0. The minimum atomic E-state index is -1.24. The zero-order valence-corrected chi connectivity index (χ0v) is 20.1. The predicted molar refractivity (Wildman–Crippen MR) is 128 cm³/mol. The lowest BCUT2D eigenvalue weighted by Gasteiger charge is -2.30. The van der Waals surface area contributed by atoms with E-state index in [1.807, 2.05) is 27.7 Å². The average molecular weight is 481 g/mol. The van der Waals surface area contributed by atoms with Gasteiger partial charge < -0.3 is 0 Å². The minimum absolute atomic E-state index is 0.0515. The summed E-state index contributed by atoms with van der Waals surface area (Å²) in [5, 5.41) is 12.0. The highest BCUT2D eigenvalue weighted by atomic mass is 16.6. The normalized spacial score (nSPS) is 15.5. The fourth-order valence-electron chi connectivity index (χ4n) is 4.01. The van der Waals surface area contributed by atoms with Gasteiger partial charge in [-0.2, -0.15) is 0 Å². The molecule has 1 saturated heterocycles. The summed E-state index contributed by atoms with van der Waals surface area (Å²) in [7, 11) is 0. The van der Waals surface area contributed by atoms with E-state index in [4.69, 9.17) is 0 Å². The van der Waals surface area contributed by atoms with Crippen LogP contribution in [0.1, 0.15) is 54.6 Å². The molecule has 0 radical (unpaired) electrons. The first kappa shape index (κ1) is 25.5. The van der Waals surface area contributed by atoms with Gasteiger partial charge in [-0.05, 0) is 56.0 Å². The summed E-state index contributed by atoms with van der Waals surface area (Å²) in [6.07, 6.45) is 0.634. The number of carbonyl (C=O) groups is 4. The van der Waals surface area contributed by atoms with Crippen LogP contribution in [0.5, 0.6) is 0 Å². The summed E-state index contributed by atoms with van der Waals surface area (Å²) in [5.74, 6) is -2.90. The van der Waals surface area contributed by atoms with Crippen LogP contribution in [-0.4, -0.2) is 39.6 Å². The molecule has 0 aromatic heterocycles. The number of amides is 4. The summed E-state index contributed by atoms with van der Waals surface area (Å²) >= 11 is 0. The van der Waals surface area contributed by atoms with Crippen LogP contribution < -0.4 is 10.3 Å². The van der Waals surface area contributed by atoms with Gasteiger partial charge in [0.05, 0.1) is 17.0 Å². The second-order valence-corrected chi connectivity index (χ2v) is 8.53. The predicted octanol–water partition coefficient (Wildman–Crippen LogP) is 3.45. The number of anilines is 1. The molecule has 1 heterocycles. The molecule has 35 heavy (non-hydrogen) atoms. The Labute approximate surface area is 203 Å². The van der Waals surface area contributed by atoms with Gasteiger partial charge in [0, 0.05) is 23.6 Å². The van der Waals surface area contributed by atoms with Crippen molar-refractivity contribution in [2.75, 3.05) is 4.90 Å². The molecule has 0 bridgehead atoms. The van der Waals surface area contributed by atoms with Gasteiger partial charge in [-0.15, -0.1) is 0 Å². The van der Waals surface area contributed by atoms with Crippen molar-refractivity contribution in [1.82, 2.24) is 10.4 Å². The van der Waals surface area contributed by atoms with Crippen LogP contribution in [0.2, 0.25) is 0 Å². The highest BCUT2D eigenvalue weighted by molar-refractivity contribution is 6.23. The summed E-state index contributed by atoms with van der Waals surface area (Å²) in [6.45, 7) is 7.41. The smallest absolute Gasteiger partial charge is 0.270 e. The van der Waals surface area contributed by atoms with E-state index in [2.05, 4.69) is 5.43 Å². The first-order valence-corrected chi connectivity index (χ1v) is 11.4. The minimum Gasteiger partial charge on any atom is -0.274 e. The van der Waals surface area contributed by atoms with Crippen molar-refractivity contribution in [3.63, 3.8) is 0 Å². The Hall–Kier alpha value is -4.08. The number of benzene rings is 2.